The molecule has 0 spiro atoms. The highest BCUT2D eigenvalue weighted by Gasteiger charge is 2.22. The number of hydrogen-bond acceptors (Lipinski definition) is 2. The summed E-state index contributed by atoms with van der Waals surface area (Å²) < 4.78 is 4.71. The van der Waals surface area contributed by atoms with Gasteiger partial charge in [0, 0.05) is 34.5 Å². The van der Waals surface area contributed by atoms with Crippen molar-refractivity contribution in [3.63, 3.8) is 0 Å². The van der Waals surface area contributed by atoms with Crippen molar-refractivity contribution in [1.82, 2.24) is 19.1 Å². The van der Waals surface area contributed by atoms with E-state index in [0.717, 1.165) is 49.9 Å². The van der Waals surface area contributed by atoms with Crippen molar-refractivity contribution in [2.24, 2.45) is 0 Å². The third-order valence-corrected chi connectivity index (χ3v) is 8.63. The SMILES string of the molecule is c1ccc(-c2ccc(-n3c4ccccc4c4cnc5c6ncccc6n(-c6ccc(-c7ccccc7)cc6)c5c43)cc2)cc1. The third kappa shape index (κ3) is 3.71. The topological polar surface area (TPSA) is 35.6 Å². The monoisotopic (exact) mass is 562 g/mol. The summed E-state index contributed by atoms with van der Waals surface area (Å²) in [5.41, 5.74) is 13.1. The van der Waals surface area contributed by atoms with Gasteiger partial charge in [0.25, 0.3) is 0 Å². The fourth-order valence-electron chi connectivity index (χ4n) is 6.60. The second kappa shape index (κ2) is 9.79. The van der Waals surface area contributed by atoms with E-state index in [9.17, 15) is 0 Å². The van der Waals surface area contributed by atoms with Gasteiger partial charge in [-0.05, 0) is 64.7 Å². The molecule has 0 saturated heterocycles. The molecular formula is C40H26N4. The highest BCUT2D eigenvalue weighted by atomic mass is 15.1. The van der Waals surface area contributed by atoms with Crippen LogP contribution in [0, 0.1) is 0 Å². The van der Waals surface area contributed by atoms with Crippen molar-refractivity contribution in [1.29, 1.82) is 0 Å². The molecule has 0 saturated carbocycles. The third-order valence-electron chi connectivity index (χ3n) is 8.63. The summed E-state index contributed by atoms with van der Waals surface area (Å²) in [4.78, 5) is 9.90. The summed E-state index contributed by atoms with van der Waals surface area (Å²) in [5.74, 6) is 0. The van der Waals surface area contributed by atoms with Crippen LogP contribution in [0.2, 0.25) is 0 Å². The van der Waals surface area contributed by atoms with Crippen LogP contribution in [0.3, 0.4) is 0 Å². The molecule has 0 aliphatic carbocycles. The first-order valence-corrected chi connectivity index (χ1v) is 14.8. The first-order chi connectivity index (χ1) is 21.8. The molecule has 5 aromatic carbocycles. The van der Waals surface area contributed by atoms with Gasteiger partial charge >= 0.3 is 0 Å². The second-order valence-electron chi connectivity index (χ2n) is 11.1. The Balaban J connectivity index is 1.35. The van der Waals surface area contributed by atoms with Crippen LogP contribution < -0.4 is 0 Å². The van der Waals surface area contributed by atoms with Crippen LogP contribution in [-0.4, -0.2) is 19.1 Å². The van der Waals surface area contributed by atoms with Gasteiger partial charge in [0.2, 0.25) is 0 Å². The minimum Gasteiger partial charge on any atom is -0.307 e. The van der Waals surface area contributed by atoms with Crippen LogP contribution >= 0.6 is 0 Å². The molecule has 4 nitrogen and oxygen atoms in total. The van der Waals surface area contributed by atoms with Gasteiger partial charge in [-0.1, -0.05) is 103 Å². The predicted molar refractivity (Wildman–Crippen MR) is 182 cm³/mol. The van der Waals surface area contributed by atoms with Gasteiger partial charge in [0.1, 0.15) is 11.0 Å². The highest BCUT2D eigenvalue weighted by molar-refractivity contribution is 6.21. The molecule has 0 bridgehead atoms. The van der Waals surface area contributed by atoms with E-state index in [0.29, 0.717) is 0 Å². The first kappa shape index (κ1) is 24.6. The number of benzene rings is 5. The molecule has 0 aliphatic rings. The van der Waals surface area contributed by atoms with E-state index in [4.69, 9.17) is 9.97 Å². The molecule has 9 rings (SSSR count). The molecule has 0 radical (unpaired) electrons. The Kier molecular flexibility index (Phi) is 5.47. The van der Waals surface area contributed by atoms with Gasteiger partial charge in [-0.15, -0.1) is 0 Å². The number of aromatic nitrogens is 4. The van der Waals surface area contributed by atoms with E-state index < -0.39 is 0 Å². The molecule has 0 N–H and O–H groups in total. The largest absolute Gasteiger partial charge is 0.307 e. The lowest BCUT2D eigenvalue weighted by Crippen LogP contribution is -1.99. The zero-order valence-corrected chi connectivity index (χ0v) is 23.8. The molecule has 206 valence electrons. The Bertz CT molecular complexity index is 2280. The van der Waals surface area contributed by atoms with Gasteiger partial charge in [0.15, 0.2) is 0 Å². The Morgan fingerprint density at radius 3 is 1.52 bits per heavy atom. The molecule has 0 amide bonds. The summed E-state index contributed by atoms with van der Waals surface area (Å²) in [6.45, 7) is 0. The molecule has 0 aliphatic heterocycles. The van der Waals surface area contributed by atoms with Crippen LogP contribution in [0.4, 0.5) is 0 Å². The van der Waals surface area contributed by atoms with Crippen molar-refractivity contribution in [3.8, 4) is 33.6 Å². The van der Waals surface area contributed by atoms with E-state index in [1.165, 1.54) is 27.6 Å². The van der Waals surface area contributed by atoms with Crippen LogP contribution in [0.25, 0.3) is 77.5 Å². The van der Waals surface area contributed by atoms with Gasteiger partial charge in [-0.3, -0.25) is 9.97 Å². The van der Waals surface area contributed by atoms with Crippen LogP contribution in [0.5, 0.6) is 0 Å². The van der Waals surface area contributed by atoms with Gasteiger partial charge in [-0.2, -0.15) is 0 Å². The number of para-hydroxylation sites is 1. The standard InChI is InChI=1S/C40H26N4/c1-3-10-27(11-4-1)29-17-21-31(22-18-29)43-35-15-8-7-14-33(35)34-26-42-38-37-36(16-9-25-41-37)44(40(38)39(34)43)32-23-19-30(20-24-32)28-12-5-2-6-13-28/h1-26H. The molecule has 4 aromatic heterocycles. The summed E-state index contributed by atoms with van der Waals surface area (Å²) in [5, 5.41) is 2.29. The van der Waals surface area contributed by atoms with Crippen molar-refractivity contribution in [2.45, 2.75) is 0 Å². The maximum absolute atomic E-state index is 5.06. The summed E-state index contributed by atoms with van der Waals surface area (Å²) in [7, 11) is 0. The van der Waals surface area contributed by atoms with E-state index in [1.807, 2.05) is 18.5 Å². The van der Waals surface area contributed by atoms with Gasteiger partial charge in [-0.25, -0.2) is 0 Å². The number of hydrogen-bond donors (Lipinski definition) is 0. The van der Waals surface area contributed by atoms with E-state index >= 15 is 0 Å². The molecule has 4 heterocycles. The molecule has 0 unspecified atom stereocenters. The Hall–Kier alpha value is -6.00. The smallest absolute Gasteiger partial charge is 0.117 e. The van der Waals surface area contributed by atoms with E-state index in [1.54, 1.807) is 0 Å². The Morgan fingerprint density at radius 2 is 0.886 bits per heavy atom. The zero-order chi connectivity index (χ0) is 29.0. The second-order valence-corrected chi connectivity index (χ2v) is 11.1. The van der Waals surface area contributed by atoms with Crippen LogP contribution in [0.15, 0.2) is 158 Å². The number of rotatable bonds is 4. The maximum Gasteiger partial charge on any atom is 0.117 e. The minimum absolute atomic E-state index is 0.894. The molecule has 9 aromatic rings. The highest BCUT2D eigenvalue weighted by Crippen LogP contribution is 2.40. The fourth-order valence-corrected chi connectivity index (χ4v) is 6.60. The predicted octanol–water partition coefficient (Wildman–Crippen LogP) is 10.0. The maximum atomic E-state index is 5.06. The van der Waals surface area contributed by atoms with E-state index in [-0.39, 0.29) is 0 Å². The number of fused-ring (bicyclic) bond motifs is 7. The van der Waals surface area contributed by atoms with Gasteiger partial charge < -0.3 is 9.13 Å². The first-order valence-electron chi connectivity index (χ1n) is 14.8. The molecule has 44 heavy (non-hydrogen) atoms. The Morgan fingerprint density at radius 1 is 0.364 bits per heavy atom. The normalized spacial score (nSPS) is 11.6. The lowest BCUT2D eigenvalue weighted by molar-refractivity contribution is 1.14. The molecule has 4 heteroatoms. The summed E-state index contributed by atoms with van der Waals surface area (Å²) in [6, 6.07) is 51.5. The number of pyridine rings is 2. The molecule has 0 fully saturated rings. The van der Waals surface area contributed by atoms with Crippen LogP contribution in [-0.2, 0) is 0 Å². The van der Waals surface area contributed by atoms with Crippen molar-refractivity contribution >= 4 is 43.9 Å². The lowest BCUT2D eigenvalue weighted by atomic mass is 10.1. The average molecular weight is 563 g/mol. The van der Waals surface area contributed by atoms with Crippen molar-refractivity contribution in [3.05, 3.63) is 158 Å². The average Bonchev–Trinajstić information content (AvgIpc) is 3.62. The van der Waals surface area contributed by atoms with Crippen LogP contribution in [0.1, 0.15) is 0 Å². The quantitative estimate of drug-likeness (QED) is 0.214. The lowest BCUT2D eigenvalue weighted by Gasteiger charge is -2.13. The van der Waals surface area contributed by atoms with E-state index in [2.05, 4.69) is 149 Å². The van der Waals surface area contributed by atoms with Crippen molar-refractivity contribution in [2.75, 3.05) is 0 Å². The molecule has 0 atom stereocenters. The minimum atomic E-state index is 0.894. The summed E-state index contributed by atoms with van der Waals surface area (Å²) >= 11 is 0. The Labute approximate surface area is 254 Å². The van der Waals surface area contributed by atoms with Gasteiger partial charge in [0.05, 0.1) is 22.1 Å². The fraction of sp³-hybridized carbons (Fsp3) is 0. The zero-order valence-electron chi connectivity index (χ0n) is 23.8. The number of nitrogens with zero attached hydrogens (tertiary/aromatic N) is 4. The van der Waals surface area contributed by atoms with Crippen molar-refractivity contribution < 1.29 is 0 Å². The summed E-state index contributed by atoms with van der Waals surface area (Å²) in [6.07, 6.45) is 3.88. The molecular weight excluding hydrogens is 536 g/mol.